The average Bonchev–Trinajstić information content (AvgIpc) is 3.85. The van der Waals surface area contributed by atoms with Crippen molar-refractivity contribution in [1.29, 1.82) is 0 Å². The van der Waals surface area contributed by atoms with Crippen molar-refractivity contribution in [2.75, 3.05) is 0 Å². The summed E-state index contributed by atoms with van der Waals surface area (Å²) in [5, 5.41) is 2.37. The Labute approximate surface area is 327 Å². The van der Waals surface area contributed by atoms with E-state index in [2.05, 4.69) is 133 Å². The third-order valence-corrected chi connectivity index (χ3v) is 15.0. The Morgan fingerprint density at radius 3 is 1.75 bits per heavy atom. The maximum atomic E-state index is 5.26. The predicted molar refractivity (Wildman–Crippen MR) is 230 cm³/mol. The quantitative estimate of drug-likeness (QED) is 0.181. The van der Waals surface area contributed by atoms with Gasteiger partial charge >= 0.3 is 0 Å². The standard InChI is InChI=1S/C52H42N2S/c1-4-14-34(15-5-1)48-47-39-17-7-9-19-46(39)55-50(47)54-49(53-48)35-22-20-33(21-23-35)36-24-25-38-41-32-44-40(31-45(41)52(43(38)30-36)28-12-3-13-29-52)37-16-6-8-18-42(37)51(44)26-10-2-11-27-51/h1,4-9,14-25,30-32H,2-3,10-13,26-29H2. The number of fused-ring (bicyclic) bond motifs is 13. The van der Waals surface area contributed by atoms with E-state index >= 15 is 0 Å². The van der Waals surface area contributed by atoms with Gasteiger partial charge in [-0.15, -0.1) is 11.3 Å². The first kappa shape index (κ1) is 31.9. The van der Waals surface area contributed by atoms with Crippen molar-refractivity contribution in [2.24, 2.45) is 0 Å². The first-order chi connectivity index (χ1) is 27.2. The first-order valence-corrected chi connectivity index (χ1v) is 21.3. The molecule has 3 heteroatoms. The molecule has 55 heavy (non-hydrogen) atoms. The van der Waals surface area contributed by atoms with Gasteiger partial charge in [0.1, 0.15) is 4.83 Å². The van der Waals surface area contributed by atoms with E-state index in [1.165, 1.54) is 108 Å². The van der Waals surface area contributed by atoms with Crippen LogP contribution in [0.4, 0.5) is 0 Å². The Hall–Kier alpha value is -5.38. The van der Waals surface area contributed by atoms with E-state index in [1.54, 1.807) is 33.6 Å². The highest BCUT2D eigenvalue weighted by Gasteiger charge is 2.49. The van der Waals surface area contributed by atoms with Crippen molar-refractivity contribution in [3.63, 3.8) is 0 Å². The number of hydrogen-bond donors (Lipinski definition) is 0. The molecule has 0 bridgehead atoms. The molecule has 2 nitrogen and oxygen atoms in total. The van der Waals surface area contributed by atoms with Crippen LogP contribution < -0.4 is 0 Å². The molecule has 2 saturated carbocycles. The summed E-state index contributed by atoms with van der Waals surface area (Å²) in [5.41, 5.74) is 18.3. The van der Waals surface area contributed by atoms with E-state index in [0.717, 1.165) is 32.9 Å². The number of benzene rings is 6. The van der Waals surface area contributed by atoms with Crippen LogP contribution in [-0.4, -0.2) is 9.97 Å². The van der Waals surface area contributed by atoms with Gasteiger partial charge in [-0.3, -0.25) is 0 Å². The second-order valence-corrected chi connectivity index (χ2v) is 17.7. The fourth-order valence-corrected chi connectivity index (χ4v) is 12.4. The SMILES string of the molecule is c1ccc(-c2nc(-c3ccc(-c4ccc5c(c4)C4(CCCCC4)c4cc6c(cc4-5)C4(CCCCC4)c4ccccc4-6)cc3)nc3sc4ccccc4c23)cc1. The van der Waals surface area contributed by atoms with Crippen molar-refractivity contribution < 1.29 is 0 Å². The molecule has 2 heterocycles. The number of rotatable bonds is 3. The Bertz CT molecular complexity index is 2820. The zero-order valence-corrected chi connectivity index (χ0v) is 31.9. The van der Waals surface area contributed by atoms with Crippen LogP contribution in [0.25, 0.3) is 76.3 Å². The summed E-state index contributed by atoms with van der Waals surface area (Å²) in [6.07, 6.45) is 13.0. The number of aromatic nitrogens is 2. The summed E-state index contributed by atoms with van der Waals surface area (Å²) in [6, 6.07) is 50.4. The molecule has 4 aliphatic rings. The Morgan fingerprint density at radius 2 is 1.00 bits per heavy atom. The van der Waals surface area contributed by atoms with Gasteiger partial charge in [-0.25, -0.2) is 9.97 Å². The molecule has 0 N–H and O–H groups in total. The Kier molecular flexibility index (Phi) is 7.00. The fourth-order valence-electron chi connectivity index (χ4n) is 11.4. The van der Waals surface area contributed by atoms with E-state index in [4.69, 9.17) is 9.97 Å². The largest absolute Gasteiger partial charge is 0.227 e. The zero-order valence-electron chi connectivity index (χ0n) is 31.1. The molecule has 2 aromatic heterocycles. The lowest BCUT2D eigenvalue weighted by molar-refractivity contribution is 0.350. The monoisotopic (exact) mass is 726 g/mol. The summed E-state index contributed by atoms with van der Waals surface area (Å²) in [6.45, 7) is 0. The lowest BCUT2D eigenvalue weighted by atomic mass is 9.66. The van der Waals surface area contributed by atoms with Crippen LogP contribution in [-0.2, 0) is 10.8 Å². The van der Waals surface area contributed by atoms with Gasteiger partial charge in [0, 0.05) is 37.4 Å². The van der Waals surface area contributed by atoms with Crippen molar-refractivity contribution in [2.45, 2.75) is 75.0 Å². The average molecular weight is 727 g/mol. The molecule has 6 aromatic carbocycles. The molecule has 12 rings (SSSR count). The van der Waals surface area contributed by atoms with Crippen molar-refractivity contribution in [3.8, 4) is 56.0 Å². The van der Waals surface area contributed by atoms with Gasteiger partial charge in [0.25, 0.3) is 0 Å². The zero-order chi connectivity index (χ0) is 36.1. The molecular formula is C52H42N2S. The number of nitrogens with zero attached hydrogens (tertiary/aromatic N) is 2. The Balaban J connectivity index is 0.959. The lowest BCUT2D eigenvalue weighted by Gasteiger charge is -2.37. The number of thiophene rings is 1. The molecular weight excluding hydrogens is 685 g/mol. The smallest absolute Gasteiger partial charge is 0.161 e. The van der Waals surface area contributed by atoms with E-state index < -0.39 is 0 Å². The van der Waals surface area contributed by atoms with Crippen LogP contribution in [0, 0.1) is 0 Å². The van der Waals surface area contributed by atoms with Crippen LogP contribution in [0.1, 0.15) is 86.5 Å². The van der Waals surface area contributed by atoms with Crippen LogP contribution in [0.5, 0.6) is 0 Å². The van der Waals surface area contributed by atoms with Gasteiger partial charge < -0.3 is 0 Å². The fraction of sp³-hybridized carbons (Fsp3) is 0.231. The normalized spacial score (nSPS) is 17.4. The maximum absolute atomic E-state index is 5.26. The van der Waals surface area contributed by atoms with Crippen LogP contribution in [0.15, 0.2) is 133 Å². The molecule has 0 unspecified atom stereocenters. The molecule has 266 valence electrons. The van der Waals surface area contributed by atoms with Gasteiger partial charge in [0.15, 0.2) is 5.82 Å². The van der Waals surface area contributed by atoms with E-state index in [9.17, 15) is 0 Å². The highest BCUT2D eigenvalue weighted by molar-refractivity contribution is 7.25. The molecule has 2 spiro atoms. The highest BCUT2D eigenvalue weighted by atomic mass is 32.1. The van der Waals surface area contributed by atoms with Gasteiger partial charge in [-0.05, 0) is 106 Å². The minimum atomic E-state index is 0.0898. The lowest BCUT2D eigenvalue weighted by Crippen LogP contribution is -2.29. The third kappa shape index (κ3) is 4.60. The van der Waals surface area contributed by atoms with E-state index in [1.807, 2.05) is 0 Å². The molecule has 0 radical (unpaired) electrons. The van der Waals surface area contributed by atoms with Gasteiger partial charge in [-0.1, -0.05) is 148 Å². The van der Waals surface area contributed by atoms with Crippen molar-refractivity contribution >= 4 is 31.6 Å². The Morgan fingerprint density at radius 1 is 0.418 bits per heavy atom. The van der Waals surface area contributed by atoms with Gasteiger partial charge in [0.2, 0.25) is 0 Å². The van der Waals surface area contributed by atoms with E-state index in [0.29, 0.717) is 0 Å². The van der Waals surface area contributed by atoms with E-state index in [-0.39, 0.29) is 10.8 Å². The summed E-state index contributed by atoms with van der Waals surface area (Å²) in [5.74, 6) is 0.778. The highest BCUT2D eigenvalue weighted by Crippen LogP contribution is 2.62. The summed E-state index contributed by atoms with van der Waals surface area (Å²) < 4.78 is 1.24. The molecule has 0 saturated heterocycles. The summed E-state index contributed by atoms with van der Waals surface area (Å²) >= 11 is 1.75. The molecule has 0 aliphatic heterocycles. The molecule has 2 fully saturated rings. The topological polar surface area (TPSA) is 25.8 Å². The van der Waals surface area contributed by atoms with Crippen molar-refractivity contribution in [3.05, 3.63) is 156 Å². The summed E-state index contributed by atoms with van der Waals surface area (Å²) in [4.78, 5) is 11.5. The first-order valence-electron chi connectivity index (χ1n) is 20.5. The van der Waals surface area contributed by atoms with Crippen LogP contribution >= 0.6 is 11.3 Å². The molecule has 0 atom stereocenters. The van der Waals surface area contributed by atoms with Crippen molar-refractivity contribution in [1.82, 2.24) is 9.97 Å². The maximum Gasteiger partial charge on any atom is 0.161 e. The minimum Gasteiger partial charge on any atom is -0.227 e. The second-order valence-electron chi connectivity index (χ2n) is 16.7. The van der Waals surface area contributed by atoms with Gasteiger partial charge in [-0.2, -0.15) is 0 Å². The predicted octanol–water partition coefficient (Wildman–Crippen LogP) is 14.3. The molecule has 8 aromatic rings. The second kappa shape index (κ2) is 12.1. The van der Waals surface area contributed by atoms with Crippen LogP contribution in [0.3, 0.4) is 0 Å². The third-order valence-electron chi connectivity index (χ3n) is 13.9. The molecule has 4 aliphatic carbocycles. The van der Waals surface area contributed by atoms with Gasteiger partial charge in [0.05, 0.1) is 5.69 Å². The summed E-state index contributed by atoms with van der Waals surface area (Å²) in [7, 11) is 0. The van der Waals surface area contributed by atoms with Crippen LogP contribution in [0.2, 0.25) is 0 Å². The minimum absolute atomic E-state index is 0.0898. The molecule has 0 amide bonds. The number of hydrogen-bond acceptors (Lipinski definition) is 3.